The van der Waals surface area contributed by atoms with Crippen molar-refractivity contribution in [1.82, 2.24) is 9.97 Å². The number of hydrogen-bond donors (Lipinski definition) is 1. The van der Waals surface area contributed by atoms with Crippen LogP contribution >= 0.6 is 27.7 Å². The molecule has 0 unspecified atom stereocenters. The summed E-state index contributed by atoms with van der Waals surface area (Å²) in [6.45, 7) is 5.34. The van der Waals surface area contributed by atoms with Crippen LogP contribution in [0.2, 0.25) is 0 Å². The standard InChI is InChI=1S/C14H22BrN3S/c1-3-7-16-14-12(15)13(10-5-6-10)17-11(18-14)9-19-8-4-2/h10H,3-9H2,1-2H3,(H,16,17,18). The molecule has 106 valence electrons. The Balaban J connectivity index is 2.15. The molecule has 2 rings (SSSR count). The minimum absolute atomic E-state index is 0.648. The Kier molecular flexibility index (Phi) is 5.95. The topological polar surface area (TPSA) is 37.8 Å². The van der Waals surface area contributed by atoms with Crippen molar-refractivity contribution in [2.75, 3.05) is 17.6 Å². The summed E-state index contributed by atoms with van der Waals surface area (Å²) in [5, 5.41) is 3.41. The smallest absolute Gasteiger partial charge is 0.144 e. The average Bonchev–Trinajstić information content (AvgIpc) is 3.23. The lowest BCUT2D eigenvalue weighted by atomic mass is 10.2. The zero-order chi connectivity index (χ0) is 13.7. The molecular formula is C14H22BrN3S. The molecule has 1 N–H and O–H groups in total. The summed E-state index contributed by atoms with van der Waals surface area (Å²) in [4.78, 5) is 9.42. The number of halogens is 1. The third-order valence-corrected chi connectivity index (χ3v) is 4.95. The Morgan fingerprint density at radius 1 is 1.26 bits per heavy atom. The Bertz CT molecular complexity index is 421. The van der Waals surface area contributed by atoms with E-state index in [1.54, 1.807) is 0 Å². The molecule has 1 heterocycles. The number of nitrogens with one attached hydrogen (secondary N) is 1. The van der Waals surface area contributed by atoms with Crippen molar-refractivity contribution in [3.05, 3.63) is 16.0 Å². The van der Waals surface area contributed by atoms with Crippen LogP contribution in [0.4, 0.5) is 5.82 Å². The van der Waals surface area contributed by atoms with Crippen molar-refractivity contribution in [2.45, 2.75) is 51.2 Å². The predicted molar refractivity (Wildman–Crippen MR) is 86.9 cm³/mol. The van der Waals surface area contributed by atoms with Gasteiger partial charge in [-0.3, -0.25) is 0 Å². The number of aromatic nitrogens is 2. The fourth-order valence-corrected chi connectivity index (χ4v) is 3.26. The number of thioether (sulfide) groups is 1. The average molecular weight is 344 g/mol. The van der Waals surface area contributed by atoms with Gasteiger partial charge in [0.1, 0.15) is 11.6 Å². The van der Waals surface area contributed by atoms with E-state index in [-0.39, 0.29) is 0 Å². The monoisotopic (exact) mass is 343 g/mol. The Labute approximate surface area is 128 Å². The molecule has 0 bridgehead atoms. The van der Waals surface area contributed by atoms with E-state index in [0.29, 0.717) is 5.92 Å². The summed E-state index contributed by atoms with van der Waals surface area (Å²) in [6, 6.07) is 0. The number of anilines is 1. The van der Waals surface area contributed by atoms with Crippen LogP contribution in [0.3, 0.4) is 0 Å². The molecular weight excluding hydrogens is 322 g/mol. The van der Waals surface area contributed by atoms with Crippen LogP contribution in [-0.2, 0) is 5.75 Å². The summed E-state index contributed by atoms with van der Waals surface area (Å²) in [5.74, 6) is 4.69. The van der Waals surface area contributed by atoms with Crippen molar-refractivity contribution in [3.63, 3.8) is 0 Å². The summed E-state index contributed by atoms with van der Waals surface area (Å²) < 4.78 is 1.08. The number of rotatable bonds is 8. The second kappa shape index (κ2) is 7.48. The first-order chi connectivity index (χ1) is 9.26. The van der Waals surface area contributed by atoms with Crippen molar-refractivity contribution >= 4 is 33.5 Å². The first-order valence-electron chi connectivity index (χ1n) is 7.14. The molecule has 5 heteroatoms. The highest BCUT2D eigenvalue weighted by molar-refractivity contribution is 9.10. The molecule has 1 aromatic rings. The second-order valence-corrected chi connectivity index (χ2v) is 6.84. The van der Waals surface area contributed by atoms with E-state index < -0.39 is 0 Å². The lowest BCUT2D eigenvalue weighted by Crippen LogP contribution is -2.08. The minimum atomic E-state index is 0.648. The van der Waals surface area contributed by atoms with Crippen LogP contribution in [0.1, 0.15) is 57.0 Å². The minimum Gasteiger partial charge on any atom is -0.369 e. The van der Waals surface area contributed by atoms with Crippen molar-refractivity contribution in [2.24, 2.45) is 0 Å². The van der Waals surface area contributed by atoms with Crippen molar-refractivity contribution in [3.8, 4) is 0 Å². The van der Waals surface area contributed by atoms with E-state index in [2.05, 4.69) is 40.1 Å². The van der Waals surface area contributed by atoms with Gasteiger partial charge in [0.15, 0.2) is 0 Å². The quantitative estimate of drug-likeness (QED) is 0.701. The van der Waals surface area contributed by atoms with Crippen LogP contribution in [0.25, 0.3) is 0 Å². The van der Waals surface area contributed by atoms with E-state index in [0.717, 1.165) is 34.8 Å². The van der Waals surface area contributed by atoms with Gasteiger partial charge < -0.3 is 5.32 Å². The van der Waals surface area contributed by atoms with Gasteiger partial charge >= 0.3 is 0 Å². The number of hydrogen-bond acceptors (Lipinski definition) is 4. The van der Waals surface area contributed by atoms with Crippen LogP contribution in [0.15, 0.2) is 4.47 Å². The van der Waals surface area contributed by atoms with E-state index in [1.807, 2.05) is 11.8 Å². The fourth-order valence-electron chi connectivity index (χ4n) is 1.87. The third kappa shape index (κ3) is 4.35. The molecule has 19 heavy (non-hydrogen) atoms. The van der Waals surface area contributed by atoms with Gasteiger partial charge in [0.05, 0.1) is 15.9 Å². The van der Waals surface area contributed by atoms with Gasteiger partial charge in [-0.05, 0) is 47.4 Å². The number of nitrogens with zero attached hydrogens (tertiary/aromatic N) is 2. The largest absolute Gasteiger partial charge is 0.369 e. The maximum atomic E-state index is 4.76. The summed E-state index contributed by atoms with van der Waals surface area (Å²) >= 11 is 5.59. The van der Waals surface area contributed by atoms with E-state index in [9.17, 15) is 0 Å². The first-order valence-corrected chi connectivity index (χ1v) is 9.08. The molecule has 0 aliphatic heterocycles. The van der Waals surface area contributed by atoms with Gasteiger partial charge in [0.2, 0.25) is 0 Å². The van der Waals surface area contributed by atoms with Gasteiger partial charge in [-0.25, -0.2) is 9.97 Å². The van der Waals surface area contributed by atoms with Crippen LogP contribution < -0.4 is 5.32 Å². The maximum absolute atomic E-state index is 4.76. The predicted octanol–water partition coefficient (Wildman–Crippen LogP) is 4.58. The van der Waals surface area contributed by atoms with Crippen LogP contribution in [0, 0.1) is 0 Å². The van der Waals surface area contributed by atoms with Gasteiger partial charge in [0.25, 0.3) is 0 Å². The Hall–Kier alpha value is -0.290. The highest BCUT2D eigenvalue weighted by Gasteiger charge is 2.29. The lowest BCUT2D eigenvalue weighted by molar-refractivity contribution is 0.901. The van der Waals surface area contributed by atoms with Gasteiger partial charge in [0, 0.05) is 12.5 Å². The molecule has 1 aliphatic rings. The molecule has 1 saturated carbocycles. The molecule has 3 nitrogen and oxygen atoms in total. The molecule has 0 atom stereocenters. The molecule has 0 radical (unpaired) electrons. The first kappa shape index (κ1) is 15.1. The van der Waals surface area contributed by atoms with Crippen molar-refractivity contribution < 1.29 is 0 Å². The highest BCUT2D eigenvalue weighted by Crippen LogP contribution is 2.43. The SMILES string of the molecule is CCCNc1nc(CSCCC)nc(C2CC2)c1Br. The maximum Gasteiger partial charge on any atom is 0.144 e. The van der Waals surface area contributed by atoms with Crippen molar-refractivity contribution in [1.29, 1.82) is 0 Å². The Morgan fingerprint density at radius 2 is 2.05 bits per heavy atom. The molecule has 0 aromatic carbocycles. The van der Waals surface area contributed by atoms with Gasteiger partial charge in [-0.15, -0.1) is 0 Å². The van der Waals surface area contributed by atoms with E-state index in [4.69, 9.17) is 4.98 Å². The summed E-state index contributed by atoms with van der Waals surface area (Å²) in [6.07, 6.45) is 4.85. The summed E-state index contributed by atoms with van der Waals surface area (Å²) in [7, 11) is 0. The Morgan fingerprint density at radius 3 is 2.68 bits per heavy atom. The van der Waals surface area contributed by atoms with Crippen LogP contribution in [0.5, 0.6) is 0 Å². The van der Waals surface area contributed by atoms with Gasteiger partial charge in [-0.2, -0.15) is 11.8 Å². The molecule has 0 amide bonds. The molecule has 1 fully saturated rings. The van der Waals surface area contributed by atoms with Crippen LogP contribution in [-0.4, -0.2) is 22.3 Å². The fraction of sp³-hybridized carbons (Fsp3) is 0.714. The lowest BCUT2D eigenvalue weighted by Gasteiger charge is -2.12. The molecule has 0 saturated heterocycles. The summed E-state index contributed by atoms with van der Waals surface area (Å²) in [5.41, 5.74) is 1.21. The van der Waals surface area contributed by atoms with Gasteiger partial charge in [-0.1, -0.05) is 13.8 Å². The highest BCUT2D eigenvalue weighted by atomic mass is 79.9. The third-order valence-electron chi connectivity index (χ3n) is 3.01. The van der Waals surface area contributed by atoms with E-state index in [1.165, 1.54) is 30.7 Å². The zero-order valence-electron chi connectivity index (χ0n) is 11.7. The van der Waals surface area contributed by atoms with E-state index >= 15 is 0 Å². The molecule has 1 aromatic heterocycles. The normalized spacial score (nSPS) is 14.7. The molecule has 0 spiro atoms. The molecule has 1 aliphatic carbocycles. The second-order valence-electron chi connectivity index (χ2n) is 4.94. The zero-order valence-corrected chi connectivity index (χ0v) is 14.1.